The molecule has 0 radical (unpaired) electrons. The lowest BCUT2D eigenvalue weighted by atomic mass is 10.0. The Kier molecular flexibility index (Phi) is 7.71. The predicted molar refractivity (Wildman–Crippen MR) is 133 cm³/mol. The Morgan fingerprint density at radius 1 is 0.972 bits per heavy atom. The summed E-state index contributed by atoms with van der Waals surface area (Å²) in [7, 11) is 2.37. The van der Waals surface area contributed by atoms with E-state index in [9.17, 15) is 24.0 Å². The SMILES string of the molecule is COC(=O)c1cc(NC(=O)c2cc(C(C)C)nc3c2c(=O)[nH]c(=O)n3CC(C)C)cc(C(=O)OC)c1. The first-order valence-electron chi connectivity index (χ1n) is 11.3. The molecule has 1 amide bonds. The second kappa shape index (κ2) is 10.5. The molecule has 3 aromatic rings. The number of methoxy groups -OCH3 is 2. The third-order valence-corrected chi connectivity index (χ3v) is 5.39. The maximum Gasteiger partial charge on any atom is 0.337 e. The molecule has 0 bridgehead atoms. The topological polar surface area (TPSA) is 149 Å². The molecule has 2 heterocycles. The second-order valence-electron chi connectivity index (χ2n) is 8.95. The zero-order chi connectivity index (χ0) is 26.7. The molecular weight excluding hydrogens is 468 g/mol. The lowest BCUT2D eigenvalue weighted by Gasteiger charge is -2.16. The molecule has 0 aliphatic heterocycles. The van der Waals surface area contributed by atoms with E-state index in [1.165, 1.54) is 43.1 Å². The zero-order valence-electron chi connectivity index (χ0n) is 20.9. The van der Waals surface area contributed by atoms with Crippen LogP contribution in [0.15, 0.2) is 33.9 Å². The number of pyridine rings is 1. The molecule has 0 fully saturated rings. The number of esters is 2. The standard InChI is InChI=1S/C25H28N4O7/c1-12(2)11-29-20-19(22(31)28-25(29)34)17(10-18(27-20)13(3)4)21(30)26-16-8-14(23(32)35-5)7-15(9-16)24(33)36-6/h7-10,12-13H,11H2,1-6H3,(H,26,30)(H,28,31,34). The summed E-state index contributed by atoms with van der Waals surface area (Å²) in [5.74, 6) is -2.18. The van der Waals surface area contributed by atoms with Crippen molar-refractivity contribution in [1.29, 1.82) is 0 Å². The summed E-state index contributed by atoms with van der Waals surface area (Å²) in [6.45, 7) is 7.85. The molecule has 0 unspecified atom stereocenters. The third kappa shape index (κ3) is 5.35. The van der Waals surface area contributed by atoms with Crippen molar-refractivity contribution in [1.82, 2.24) is 14.5 Å². The van der Waals surface area contributed by atoms with Crippen molar-refractivity contribution < 1.29 is 23.9 Å². The van der Waals surface area contributed by atoms with Gasteiger partial charge in [0, 0.05) is 17.9 Å². The Morgan fingerprint density at radius 3 is 2.06 bits per heavy atom. The first-order chi connectivity index (χ1) is 17.0. The number of amides is 1. The molecule has 3 rings (SSSR count). The van der Waals surface area contributed by atoms with E-state index in [1.54, 1.807) is 0 Å². The van der Waals surface area contributed by atoms with Crippen molar-refractivity contribution in [2.45, 2.75) is 40.2 Å². The number of nitrogens with one attached hydrogen (secondary N) is 2. The van der Waals surface area contributed by atoms with Gasteiger partial charge in [-0.25, -0.2) is 19.4 Å². The van der Waals surface area contributed by atoms with Crippen molar-refractivity contribution in [3.8, 4) is 0 Å². The number of rotatable bonds is 7. The fraction of sp³-hybridized carbons (Fsp3) is 0.360. The van der Waals surface area contributed by atoms with Gasteiger partial charge in [0.2, 0.25) is 0 Å². The lowest BCUT2D eigenvalue weighted by molar-refractivity contribution is 0.0599. The van der Waals surface area contributed by atoms with Crippen LogP contribution in [0.25, 0.3) is 11.0 Å². The predicted octanol–water partition coefficient (Wildman–Crippen LogP) is 2.69. The highest BCUT2D eigenvalue weighted by atomic mass is 16.5. The quantitative estimate of drug-likeness (QED) is 0.474. The number of fused-ring (bicyclic) bond motifs is 1. The van der Waals surface area contributed by atoms with Crippen LogP contribution < -0.4 is 16.6 Å². The van der Waals surface area contributed by atoms with Gasteiger partial charge in [0.25, 0.3) is 11.5 Å². The third-order valence-electron chi connectivity index (χ3n) is 5.39. The number of hydrogen-bond acceptors (Lipinski definition) is 8. The van der Waals surface area contributed by atoms with E-state index in [0.717, 1.165) is 0 Å². The van der Waals surface area contributed by atoms with Gasteiger partial charge in [-0.05, 0) is 36.1 Å². The van der Waals surface area contributed by atoms with Gasteiger partial charge in [0.05, 0.1) is 36.3 Å². The molecule has 11 nitrogen and oxygen atoms in total. The van der Waals surface area contributed by atoms with Crippen LogP contribution in [0.5, 0.6) is 0 Å². The number of aromatic nitrogens is 3. The molecule has 11 heteroatoms. The molecule has 0 atom stereocenters. The molecule has 1 aromatic carbocycles. The normalized spacial score (nSPS) is 11.1. The summed E-state index contributed by atoms with van der Waals surface area (Å²) in [4.78, 5) is 69.9. The summed E-state index contributed by atoms with van der Waals surface area (Å²) in [5, 5.41) is 2.59. The zero-order valence-corrected chi connectivity index (χ0v) is 20.9. The number of anilines is 1. The van der Waals surface area contributed by atoms with Crippen LogP contribution in [-0.4, -0.2) is 46.6 Å². The Labute approximate surface area is 206 Å². The van der Waals surface area contributed by atoms with Gasteiger partial charge >= 0.3 is 17.6 Å². The Balaban J connectivity index is 2.22. The highest BCUT2D eigenvalue weighted by Crippen LogP contribution is 2.23. The van der Waals surface area contributed by atoms with Crippen LogP contribution in [0.1, 0.15) is 70.4 Å². The number of ether oxygens (including phenoxy) is 2. The van der Waals surface area contributed by atoms with Crippen LogP contribution >= 0.6 is 0 Å². The van der Waals surface area contributed by atoms with Crippen LogP contribution in [0.4, 0.5) is 5.69 Å². The average Bonchev–Trinajstić information content (AvgIpc) is 2.84. The van der Waals surface area contributed by atoms with Gasteiger partial charge in [-0.3, -0.25) is 19.1 Å². The Hall–Kier alpha value is -4.28. The van der Waals surface area contributed by atoms with E-state index in [-0.39, 0.29) is 51.8 Å². The van der Waals surface area contributed by atoms with E-state index in [2.05, 4.69) is 15.3 Å². The molecule has 0 saturated heterocycles. The van der Waals surface area contributed by atoms with E-state index in [1.807, 2.05) is 27.7 Å². The highest BCUT2D eigenvalue weighted by molar-refractivity contribution is 6.12. The van der Waals surface area contributed by atoms with Gasteiger partial charge in [0.1, 0.15) is 0 Å². The van der Waals surface area contributed by atoms with Crippen molar-refractivity contribution in [2.24, 2.45) is 5.92 Å². The van der Waals surface area contributed by atoms with Gasteiger partial charge < -0.3 is 14.8 Å². The van der Waals surface area contributed by atoms with E-state index >= 15 is 0 Å². The van der Waals surface area contributed by atoms with Gasteiger partial charge in [0.15, 0.2) is 5.65 Å². The number of nitrogens with zero attached hydrogens (tertiary/aromatic N) is 2. The first kappa shape index (κ1) is 26.3. The van der Waals surface area contributed by atoms with Crippen LogP contribution in [0, 0.1) is 5.92 Å². The van der Waals surface area contributed by atoms with Crippen molar-refractivity contribution in [3.63, 3.8) is 0 Å². The molecule has 0 aliphatic carbocycles. The fourth-order valence-corrected chi connectivity index (χ4v) is 3.67. The smallest absolute Gasteiger partial charge is 0.337 e. The Morgan fingerprint density at radius 2 is 1.56 bits per heavy atom. The minimum Gasteiger partial charge on any atom is -0.465 e. The molecular formula is C25H28N4O7. The average molecular weight is 497 g/mol. The van der Waals surface area contributed by atoms with Crippen LogP contribution in [0.3, 0.4) is 0 Å². The van der Waals surface area contributed by atoms with E-state index in [0.29, 0.717) is 5.69 Å². The van der Waals surface area contributed by atoms with E-state index in [4.69, 9.17) is 9.47 Å². The van der Waals surface area contributed by atoms with Gasteiger partial charge in [-0.1, -0.05) is 27.7 Å². The van der Waals surface area contributed by atoms with Crippen LogP contribution in [0.2, 0.25) is 0 Å². The second-order valence-corrected chi connectivity index (χ2v) is 8.95. The largest absolute Gasteiger partial charge is 0.465 e. The summed E-state index contributed by atoms with van der Waals surface area (Å²) >= 11 is 0. The molecule has 2 N–H and O–H groups in total. The molecule has 36 heavy (non-hydrogen) atoms. The molecule has 0 saturated carbocycles. The number of carbonyl (C=O) groups excluding carboxylic acids is 3. The van der Waals surface area contributed by atoms with Crippen molar-refractivity contribution in [2.75, 3.05) is 19.5 Å². The maximum absolute atomic E-state index is 13.5. The molecule has 0 aliphatic rings. The number of benzene rings is 1. The van der Waals surface area contributed by atoms with Gasteiger partial charge in [-0.15, -0.1) is 0 Å². The Bertz CT molecular complexity index is 1430. The number of H-pyrrole nitrogens is 1. The summed E-state index contributed by atoms with van der Waals surface area (Å²) in [6.07, 6.45) is 0. The first-order valence-corrected chi connectivity index (χ1v) is 11.3. The highest BCUT2D eigenvalue weighted by Gasteiger charge is 2.22. The fourth-order valence-electron chi connectivity index (χ4n) is 3.67. The lowest BCUT2D eigenvalue weighted by Crippen LogP contribution is -2.33. The number of carbonyl (C=O) groups is 3. The number of aromatic amines is 1. The van der Waals surface area contributed by atoms with Crippen molar-refractivity contribution in [3.05, 3.63) is 67.5 Å². The summed E-state index contributed by atoms with van der Waals surface area (Å²) in [5.41, 5.74) is -0.627. The van der Waals surface area contributed by atoms with Crippen LogP contribution in [-0.2, 0) is 16.0 Å². The van der Waals surface area contributed by atoms with Crippen molar-refractivity contribution >= 4 is 34.6 Å². The van der Waals surface area contributed by atoms with E-state index < -0.39 is 29.1 Å². The summed E-state index contributed by atoms with van der Waals surface area (Å²) in [6, 6.07) is 5.44. The maximum atomic E-state index is 13.5. The van der Waals surface area contributed by atoms with Gasteiger partial charge in [-0.2, -0.15) is 0 Å². The minimum absolute atomic E-state index is 0.00875. The molecule has 0 spiro atoms. The molecule has 190 valence electrons. The summed E-state index contributed by atoms with van der Waals surface area (Å²) < 4.78 is 10.8. The molecule has 2 aromatic heterocycles. The monoisotopic (exact) mass is 496 g/mol. The minimum atomic E-state index is -0.749. The number of hydrogen-bond donors (Lipinski definition) is 2.